The molecule has 0 radical (unpaired) electrons. The minimum absolute atomic E-state index is 0.809. The first-order valence-electron chi connectivity index (χ1n) is 5.34. The van der Waals surface area contributed by atoms with E-state index in [1.165, 1.54) is 37.1 Å². The van der Waals surface area contributed by atoms with Crippen LogP contribution in [0.3, 0.4) is 0 Å². The van der Waals surface area contributed by atoms with Crippen molar-refractivity contribution in [2.45, 2.75) is 32.1 Å². The fourth-order valence-electron chi connectivity index (χ4n) is 2.35. The quantitative estimate of drug-likeness (QED) is 0.759. The monoisotopic (exact) mass is 273 g/mol. The molecule has 1 unspecified atom stereocenters. The average Bonchev–Trinajstić information content (AvgIpc) is 2.86. The lowest BCUT2D eigenvalue weighted by Crippen LogP contribution is -2.16. The molecule has 14 heavy (non-hydrogen) atoms. The van der Waals surface area contributed by atoms with Crippen LogP contribution in [0.5, 0.6) is 0 Å². The molecule has 0 saturated heterocycles. The van der Waals surface area contributed by atoms with Crippen LogP contribution in [0.25, 0.3) is 0 Å². The molecule has 0 aliphatic heterocycles. The zero-order chi connectivity index (χ0) is 9.80. The van der Waals surface area contributed by atoms with Crippen LogP contribution in [0.15, 0.2) is 11.6 Å². The van der Waals surface area contributed by atoms with Crippen molar-refractivity contribution in [3.8, 4) is 0 Å². The van der Waals surface area contributed by atoms with Crippen molar-refractivity contribution in [3.63, 3.8) is 0 Å². The highest BCUT2D eigenvalue weighted by atomic mass is 79.9. The molecule has 0 N–H and O–H groups in total. The van der Waals surface area contributed by atoms with E-state index in [9.17, 15) is 0 Å². The summed E-state index contributed by atoms with van der Waals surface area (Å²) < 4.78 is 0. The first kappa shape index (κ1) is 10.6. The van der Waals surface area contributed by atoms with E-state index in [-0.39, 0.29) is 0 Å². The first-order valence-corrected chi connectivity index (χ1v) is 7.34. The molecule has 0 bridgehead atoms. The molecule has 78 valence electrons. The topological polar surface area (TPSA) is 12.9 Å². The van der Waals surface area contributed by atoms with Crippen molar-refractivity contribution in [1.29, 1.82) is 0 Å². The molecule has 0 amide bonds. The standard InChI is InChI=1S/C11H16BrNS/c12-8-10(9-3-1-2-4-9)7-11-13-5-6-14-11/h5-6,9-10H,1-4,7-8H2. The number of rotatable bonds is 4. The molecule has 1 heterocycles. The molecular weight excluding hydrogens is 258 g/mol. The Kier molecular flexibility index (Phi) is 3.99. The minimum Gasteiger partial charge on any atom is -0.250 e. The van der Waals surface area contributed by atoms with E-state index in [1.807, 2.05) is 6.20 Å². The van der Waals surface area contributed by atoms with Crippen molar-refractivity contribution in [2.24, 2.45) is 11.8 Å². The van der Waals surface area contributed by atoms with Gasteiger partial charge in [0.05, 0.1) is 5.01 Å². The van der Waals surface area contributed by atoms with Crippen LogP contribution in [0.2, 0.25) is 0 Å². The predicted octanol–water partition coefficient (Wildman–Crippen LogP) is 3.89. The highest BCUT2D eigenvalue weighted by molar-refractivity contribution is 9.09. The first-order chi connectivity index (χ1) is 6.90. The molecular formula is C11H16BrNS. The van der Waals surface area contributed by atoms with Crippen LogP contribution in [-0.2, 0) is 6.42 Å². The van der Waals surface area contributed by atoms with Crippen molar-refractivity contribution >= 4 is 27.3 Å². The summed E-state index contributed by atoms with van der Waals surface area (Å²) in [6.45, 7) is 0. The van der Waals surface area contributed by atoms with Gasteiger partial charge in [0.2, 0.25) is 0 Å². The van der Waals surface area contributed by atoms with Gasteiger partial charge in [-0.3, -0.25) is 0 Å². The maximum Gasteiger partial charge on any atom is 0.0927 e. The number of alkyl halides is 1. The molecule has 1 aromatic rings. The lowest BCUT2D eigenvalue weighted by molar-refractivity contribution is 0.372. The van der Waals surface area contributed by atoms with Gasteiger partial charge >= 0.3 is 0 Å². The van der Waals surface area contributed by atoms with Gasteiger partial charge in [-0.05, 0) is 11.8 Å². The second kappa shape index (κ2) is 5.26. The molecule has 1 nitrogen and oxygen atoms in total. The average molecular weight is 274 g/mol. The summed E-state index contributed by atoms with van der Waals surface area (Å²) in [5.74, 6) is 1.75. The maximum atomic E-state index is 4.37. The molecule has 1 aromatic heterocycles. The molecule has 0 aromatic carbocycles. The van der Waals surface area contributed by atoms with Crippen LogP contribution in [0.4, 0.5) is 0 Å². The van der Waals surface area contributed by atoms with Crippen LogP contribution in [0.1, 0.15) is 30.7 Å². The molecule has 1 fully saturated rings. The van der Waals surface area contributed by atoms with Crippen molar-refractivity contribution in [1.82, 2.24) is 4.98 Å². The lowest BCUT2D eigenvalue weighted by atomic mass is 9.90. The number of aromatic nitrogens is 1. The molecule has 0 spiro atoms. The molecule has 3 heteroatoms. The van der Waals surface area contributed by atoms with Crippen molar-refractivity contribution < 1.29 is 0 Å². The molecule has 1 aliphatic carbocycles. The Bertz CT molecular complexity index is 254. The van der Waals surface area contributed by atoms with Gasteiger partial charge in [0.15, 0.2) is 0 Å². The Morgan fingerprint density at radius 2 is 2.29 bits per heavy atom. The second-order valence-corrected chi connectivity index (χ2v) is 5.72. The van der Waals surface area contributed by atoms with Gasteiger partial charge in [0.1, 0.15) is 0 Å². The zero-order valence-electron chi connectivity index (χ0n) is 8.29. The van der Waals surface area contributed by atoms with Crippen LogP contribution >= 0.6 is 27.3 Å². The summed E-state index contributed by atoms with van der Waals surface area (Å²) in [5.41, 5.74) is 0. The summed E-state index contributed by atoms with van der Waals surface area (Å²) >= 11 is 5.44. The van der Waals surface area contributed by atoms with Gasteiger partial charge in [-0.25, -0.2) is 4.98 Å². The number of nitrogens with zero attached hydrogens (tertiary/aromatic N) is 1. The van der Waals surface area contributed by atoms with Crippen molar-refractivity contribution in [2.75, 3.05) is 5.33 Å². The van der Waals surface area contributed by atoms with Crippen LogP contribution in [0, 0.1) is 11.8 Å². The highest BCUT2D eigenvalue weighted by Crippen LogP contribution is 2.34. The Balaban J connectivity index is 1.92. The number of hydrogen-bond acceptors (Lipinski definition) is 2. The van der Waals surface area contributed by atoms with E-state index in [0.717, 1.165) is 17.2 Å². The SMILES string of the molecule is BrCC(Cc1nccs1)C1CCCC1. The number of hydrogen-bond donors (Lipinski definition) is 0. The Labute approximate surface area is 98.1 Å². The van der Waals surface area contributed by atoms with Gasteiger partial charge in [-0.2, -0.15) is 0 Å². The maximum absolute atomic E-state index is 4.37. The smallest absolute Gasteiger partial charge is 0.0927 e. The zero-order valence-corrected chi connectivity index (χ0v) is 10.7. The molecule has 1 atom stereocenters. The van der Waals surface area contributed by atoms with E-state index >= 15 is 0 Å². The fourth-order valence-corrected chi connectivity index (χ4v) is 3.82. The van der Waals surface area contributed by atoms with Crippen LogP contribution in [-0.4, -0.2) is 10.3 Å². The van der Waals surface area contributed by atoms with Gasteiger partial charge in [0, 0.05) is 23.3 Å². The molecule has 1 saturated carbocycles. The summed E-state index contributed by atoms with van der Waals surface area (Å²) in [5, 5.41) is 4.52. The fraction of sp³-hybridized carbons (Fsp3) is 0.727. The van der Waals surface area contributed by atoms with Gasteiger partial charge in [0.25, 0.3) is 0 Å². The third-order valence-electron chi connectivity index (χ3n) is 3.18. The van der Waals surface area contributed by atoms with E-state index < -0.39 is 0 Å². The Morgan fingerprint density at radius 3 is 2.86 bits per heavy atom. The number of halogens is 1. The molecule has 2 rings (SSSR count). The molecule has 1 aliphatic rings. The van der Waals surface area contributed by atoms with Gasteiger partial charge in [-0.1, -0.05) is 41.6 Å². The Morgan fingerprint density at radius 1 is 1.50 bits per heavy atom. The second-order valence-electron chi connectivity index (χ2n) is 4.09. The largest absolute Gasteiger partial charge is 0.250 e. The van der Waals surface area contributed by atoms with Crippen molar-refractivity contribution in [3.05, 3.63) is 16.6 Å². The van der Waals surface area contributed by atoms with Gasteiger partial charge < -0.3 is 0 Å². The minimum atomic E-state index is 0.809. The summed E-state index contributed by atoms with van der Waals surface area (Å²) in [7, 11) is 0. The number of thiazole rings is 1. The normalized spacial score (nSPS) is 20.1. The van der Waals surface area contributed by atoms with Crippen LogP contribution < -0.4 is 0 Å². The third-order valence-corrected chi connectivity index (χ3v) is 4.82. The van der Waals surface area contributed by atoms with E-state index in [0.29, 0.717) is 0 Å². The summed E-state index contributed by atoms with van der Waals surface area (Å²) in [6, 6.07) is 0. The summed E-state index contributed by atoms with van der Waals surface area (Å²) in [4.78, 5) is 4.37. The highest BCUT2D eigenvalue weighted by Gasteiger charge is 2.24. The summed E-state index contributed by atoms with van der Waals surface area (Å²) in [6.07, 6.45) is 8.83. The lowest BCUT2D eigenvalue weighted by Gasteiger charge is -2.19. The Hall–Kier alpha value is 0.110. The van der Waals surface area contributed by atoms with Gasteiger partial charge in [-0.15, -0.1) is 11.3 Å². The van der Waals surface area contributed by atoms with E-state index in [4.69, 9.17) is 0 Å². The van der Waals surface area contributed by atoms with E-state index in [1.54, 1.807) is 11.3 Å². The van der Waals surface area contributed by atoms with E-state index in [2.05, 4.69) is 26.3 Å². The third kappa shape index (κ3) is 2.57. The predicted molar refractivity (Wildman–Crippen MR) is 65.1 cm³/mol.